The van der Waals surface area contributed by atoms with Crippen molar-refractivity contribution >= 4 is 17.7 Å². The SMILES string of the molecule is CC(Sc1ccc(F)cc1F)C(=O)NCCc1ccccc1. The van der Waals surface area contributed by atoms with Gasteiger partial charge in [0.2, 0.25) is 5.91 Å². The fourth-order valence-corrected chi connectivity index (χ4v) is 2.82. The first-order chi connectivity index (χ1) is 10.6. The minimum absolute atomic E-state index is 0.162. The molecular weight excluding hydrogens is 304 g/mol. The maximum absolute atomic E-state index is 13.6. The second-order valence-electron chi connectivity index (χ2n) is 4.86. The van der Waals surface area contributed by atoms with Gasteiger partial charge in [-0.2, -0.15) is 0 Å². The minimum atomic E-state index is -0.645. The molecule has 0 saturated carbocycles. The maximum Gasteiger partial charge on any atom is 0.233 e. The molecule has 1 atom stereocenters. The molecule has 2 aromatic rings. The summed E-state index contributed by atoms with van der Waals surface area (Å²) in [5.41, 5.74) is 1.15. The largest absolute Gasteiger partial charge is 0.355 e. The van der Waals surface area contributed by atoms with Gasteiger partial charge in [0.25, 0.3) is 0 Å². The first-order valence-electron chi connectivity index (χ1n) is 6.99. The Bertz CT molecular complexity index is 634. The van der Waals surface area contributed by atoms with Crippen LogP contribution in [0.4, 0.5) is 8.78 Å². The second kappa shape index (κ2) is 7.94. The van der Waals surface area contributed by atoms with Gasteiger partial charge >= 0.3 is 0 Å². The summed E-state index contributed by atoms with van der Waals surface area (Å²) in [5, 5.41) is 2.38. The normalized spacial score (nSPS) is 12.0. The number of rotatable bonds is 6. The van der Waals surface area contributed by atoms with Gasteiger partial charge in [-0.3, -0.25) is 4.79 Å². The molecule has 5 heteroatoms. The molecule has 22 heavy (non-hydrogen) atoms. The van der Waals surface area contributed by atoms with Gasteiger partial charge in [-0.15, -0.1) is 11.8 Å². The van der Waals surface area contributed by atoms with Crippen molar-refractivity contribution in [1.29, 1.82) is 0 Å². The fraction of sp³-hybridized carbons (Fsp3) is 0.235. The number of hydrogen-bond donors (Lipinski definition) is 1. The van der Waals surface area contributed by atoms with E-state index in [1.165, 1.54) is 12.1 Å². The molecule has 0 fully saturated rings. The van der Waals surface area contributed by atoms with Crippen molar-refractivity contribution in [3.05, 3.63) is 65.7 Å². The number of carbonyl (C=O) groups excluding carboxylic acids is 1. The molecule has 0 saturated heterocycles. The van der Waals surface area contributed by atoms with Crippen LogP contribution < -0.4 is 5.32 Å². The Hall–Kier alpha value is -1.88. The summed E-state index contributed by atoms with van der Waals surface area (Å²) < 4.78 is 26.4. The van der Waals surface area contributed by atoms with E-state index >= 15 is 0 Å². The molecule has 1 N–H and O–H groups in total. The molecule has 2 aromatic carbocycles. The number of thioether (sulfide) groups is 1. The molecular formula is C17H17F2NOS. The minimum Gasteiger partial charge on any atom is -0.355 e. The van der Waals surface area contributed by atoms with Crippen LogP contribution in [0, 0.1) is 11.6 Å². The molecule has 0 aliphatic carbocycles. The van der Waals surface area contributed by atoms with Gasteiger partial charge in [-0.05, 0) is 31.0 Å². The predicted octanol–water partition coefficient (Wildman–Crippen LogP) is 3.80. The third-order valence-electron chi connectivity index (χ3n) is 3.12. The van der Waals surface area contributed by atoms with Gasteiger partial charge < -0.3 is 5.32 Å². The summed E-state index contributed by atoms with van der Waals surface area (Å²) in [7, 11) is 0. The van der Waals surface area contributed by atoms with E-state index in [0.717, 1.165) is 29.8 Å². The summed E-state index contributed by atoms with van der Waals surface area (Å²) >= 11 is 1.08. The van der Waals surface area contributed by atoms with Crippen molar-refractivity contribution in [2.45, 2.75) is 23.5 Å². The molecule has 0 spiro atoms. The zero-order valence-corrected chi connectivity index (χ0v) is 13.0. The molecule has 0 bridgehead atoms. The average molecular weight is 321 g/mol. The fourth-order valence-electron chi connectivity index (χ4n) is 1.93. The number of carbonyl (C=O) groups is 1. The van der Waals surface area contributed by atoms with E-state index in [2.05, 4.69) is 5.32 Å². The Morgan fingerprint density at radius 3 is 2.59 bits per heavy atom. The smallest absolute Gasteiger partial charge is 0.233 e. The molecule has 0 radical (unpaired) electrons. The molecule has 2 nitrogen and oxygen atoms in total. The predicted molar refractivity (Wildman–Crippen MR) is 84.8 cm³/mol. The van der Waals surface area contributed by atoms with Crippen molar-refractivity contribution < 1.29 is 13.6 Å². The highest BCUT2D eigenvalue weighted by atomic mass is 32.2. The standard InChI is InChI=1S/C17H17F2NOS/c1-12(22-16-8-7-14(18)11-15(16)19)17(21)20-10-9-13-5-3-2-4-6-13/h2-8,11-12H,9-10H2,1H3,(H,20,21). The van der Waals surface area contributed by atoms with Crippen molar-refractivity contribution in [3.8, 4) is 0 Å². The summed E-state index contributed by atoms with van der Waals surface area (Å²) in [5.74, 6) is -1.43. The van der Waals surface area contributed by atoms with Gasteiger partial charge in [0, 0.05) is 17.5 Å². The zero-order valence-electron chi connectivity index (χ0n) is 12.2. The molecule has 0 aliphatic heterocycles. The van der Waals surface area contributed by atoms with E-state index in [1.54, 1.807) is 6.92 Å². The van der Waals surface area contributed by atoms with Gasteiger partial charge in [0.05, 0.1) is 5.25 Å². The molecule has 116 valence electrons. The third kappa shape index (κ3) is 4.84. The molecule has 1 amide bonds. The number of benzene rings is 2. The van der Waals surface area contributed by atoms with Crippen LogP contribution in [0.2, 0.25) is 0 Å². The highest BCUT2D eigenvalue weighted by molar-refractivity contribution is 8.00. The van der Waals surface area contributed by atoms with E-state index in [9.17, 15) is 13.6 Å². The molecule has 0 heterocycles. The van der Waals surface area contributed by atoms with Gasteiger partial charge in [-0.25, -0.2) is 8.78 Å². The Kier molecular flexibility index (Phi) is 5.95. The third-order valence-corrected chi connectivity index (χ3v) is 4.28. The highest BCUT2D eigenvalue weighted by Crippen LogP contribution is 2.26. The van der Waals surface area contributed by atoms with Crippen molar-refractivity contribution in [2.75, 3.05) is 6.54 Å². The van der Waals surface area contributed by atoms with Crippen LogP contribution in [-0.2, 0) is 11.2 Å². The molecule has 1 unspecified atom stereocenters. The van der Waals surface area contributed by atoms with Crippen LogP contribution in [0.1, 0.15) is 12.5 Å². The molecule has 0 aromatic heterocycles. The summed E-state index contributed by atoms with van der Waals surface area (Å²) in [6.45, 7) is 2.23. The lowest BCUT2D eigenvalue weighted by atomic mass is 10.1. The van der Waals surface area contributed by atoms with Crippen molar-refractivity contribution in [3.63, 3.8) is 0 Å². The lowest BCUT2D eigenvalue weighted by Gasteiger charge is -2.12. The monoisotopic (exact) mass is 321 g/mol. The highest BCUT2D eigenvalue weighted by Gasteiger charge is 2.16. The Morgan fingerprint density at radius 2 is 1.91 bits per heavy atom. The van der Waals surface area contributed by atoms with E-state index in [-0.39, 0.29) is 10.8 Å². The van der Waals surface area contributed by atoms with E-state index < -0.39 is 16.9 Å². The lowest BCUT2D eigenvalue weighted by molar-refractivity contribution is -0.120. The Morgan fingerprint density at radius 1 is 1.18 bits per heavy atom. The Labute approximate surface area is 132 Å². The summed E-state index contributed by atoms with van der Waals surface area (Å²) in [6, 6.07) is 13.2. The number of nitrogens with one attached hydrogen (secondary N) is 1. The number of amides is 1. The Balaban J connectivity index is 1.82. The first kappa shape index (κ1) is 16.5. The summed E-state index contributed by atoms with van der Waals surface area (Å²) in [6.07, 6.45) is 0.745. The van der Waals surface area contributed by atoms with E-state index in [1.807, 2.05) is 30.3 Å². The van der Waals surface area contributed by atoms with Crippen LogP contribution in [0.3, 0.4) is 0 Å². The molecule has 0 aliphatic rings. The van der Waals surface area contributed by atoms with Crippen LogP contribution in [-0.4, -0.2) is 17.7 Å². The van der Waals surface area contributed by atoms with E-state index in [0.29, 0.717) is 6.54 Å². The quantitative estimate of drug-likeness (QED) is 0.820. The van der Waals surface area contributed by atoms with Crippen LogP contribution in [0.25, 0.3) is 0 Å². The summed E-state index contributed by atoms with van der Waals surface area (Å²) in [4.78, 5) is 12.3. The molecule has 2 rings (SSSR count). The van der Waals surface area contributed by atoms with Crippen LogP contribution >= 0.6 is 11.8 Å². The lowest BCUT2D eigenvalue weighted by Crippen LogP contribution is -2.32. The van der Waals surface area contributed by atoms with Gasteiger partial charge in [0.15, 0.2) is 0 Å². The topological polar surface area (TPSA) is 29.1 Å². The second-order valence-corrected chi connectivity index (χ2v) is 6.24. The first-order valence-corrected chi connectivity index (χ1v) is 7.87. The van der Waals surface area contributed by atoms with E-state index in [4.69, 9.17) is 0 Å². The van der Waals surface area contributed by atoms with Crippen LogP contribution in [0.5, 0.6) is 0 Å². The average Bonchev–Trinajstić information content (AvgIpc) is 2.51. The van der Waals surface area contributed by atoms with Gasteiger partial charge in [0.1, 0.15) is 11.6 Å². The number of hydrogen-bond acceptors (Lipinski definition) is 2. The van der Waals surface area contributed by atoms with Crippen LogP contribution in [0.15, 0.2) is 53.4 Å². The maximum atomic E-state index is 13.6. The van der Waals surface area contributed by atoms with Gasteiger partial charge in [-0.1, -0.05) is 30.3 Å². The van der Waals surface area contributed by atoms with Crippen molar-refractivity contribution in [2.24, 2.45) is 0 Å². The zero-order chi connectivity index (χ0) is 15.9. The van der Waals surface area contributed by atoms with Crippen molar-refractivity contribution in [1.82, 2.24) is 5.32 Å². The number of halogens is 2.